The third-order valence-electron chi connectivity index (χ3n) is 5.41. The van der Waals surface area contributed by atoms with Gasteiger partial charge in [0.2, 0.25) is 5.91 Å². The molecule has 7 nitrogen and oxygen atoms in total. The molecule has 3 aromatic rings. The number of nitrogens with one attached hydrogen (secondary N) is 1. The molecule has 0 spiro atoms. The van der Waals surface area contributed by atoms with E-state index in [1.165, 1.54) is 23.9 Å². The highest BCUT2D eigenvalue weighted by molar-refractivity contribution is 5.93. The van der Waals surface area contributed by atoms with Crippen LogP contribution in [0, 0.1) is 5.92 Å². The number of aromatic nitrogens is 3. The summed E-state index contributed by atoms with van der Waals surface area (Å²) in [6, 6.07) is 11.7. The predicted molar refractivity (Wildman–Crippen MR) is 115 cm³/mol. The number of alkyl halides is 3. The first-order chi connectivity index (χ1) is 15.8. The average Bonchev–Trinajstić information content (AvgIpc) is 3.17. The zero-order valence-electron chi connectivity index (χ0n) is 17.9. The summed E-state index contributed by atoms with van der Waals surface area (Å²) in [6.07, 6.45) is -1.63. The number of amides is 1. The van der Waals surface area contributed by atoms with E-state index in [0.29, 0.717) is 18.0 Å². The van der Waals surface area contributed by atoms with Crippen molar-refractivity contribution in [3.63, 3.8) is 0 Å². The first-order valence-corrected chi connectivity index (χ1v) is 10.5. The van der Waals surface area contributed by atoms with Gasteiger partial charge in [0.1, 0.15) is 6.61 Å². The minimum atomic E-state index is -4.49. The number of hydrogen-bond donors (Lipinski definition) is 1. The lowest BCUT2D eigenvalue weighted by atomic mass is 9.85. The Labute approximate surface area is 188 Å². The summed E-state index contributed by atoms with van der Waals surface area (Å²) in [5, 5.41) is 7.21. The summed E-state index contributed by atoms with van der Waals surface area (Å²) in [7, 11) is 1.52. The van der Waals surface area contributed by atoms with E-state index in [1.807, 2.05) is 0 Å². The van der Waals surface area contributed by atoms with Crippen LogP contribution in [0.1, 0.15) is 24.8 Å². The molecule has 1 N–H and O–H groups in total. The summed E-state index contributed by atoms with van der Waals surface area (Å²) in [6.45, 7) is 0.498. The second-order valence-electron chi connectivity index (χ2n) is 7.71. The standard InChI is InChI=1S/C23H23F3N4O3/c1-32-12-13-33-22-28-20(16-6-3-7-17(14-16)23(24,25)26)30(29-22)19-10-8-18(9-11-19)27-21(31)15-4-2-5-15/h3,6-11,14-15H,2,4-5,12-13H2,1H3,(H,27,31). The van der Waals surface area contributed by atoms with Gasteiger partial charge in [-0.05, 0) is 49.2 Å². The van der Waals surface area contributed by atoms with Gasteiger partial charge in [-0.1, -0.05) is 18.6 Å². The van der Waals surface area contributed by atoms with Crippen molar-refractivity contribution < 1.29 is 27.4 Å². The molecule has 174 valence electrons. The predicted octanol–water partition coefficient (Wildman–Crippen LogP) is 4.72. The number of carbonyl (C=O) groups excluding carboxylic acids is 1. The highest BCUT2D eigenvalue weighted by Crippen LogP contribution is 2.33. The number of hydrogen-bond acceptors (Lipinski definition) is 5. The van der Waals surface area contributed by atoms with E-state index in [-0.39, 0.29) is 35.8 Å². The molecular formula is C23H23F3N4O3. The Morgan fingerprint density at radius 2 is 1.91 bits per heavy atom. The zero-order chi connectivity index (χ0) is 23.4. The maximum Gasteiger partial charge on any atom is 0.416 e. The van der Waals surface area contributed by atoms with Crippen molar-refractivity contribution in [3.05, 3.63) is 54.1 Å². The van der Waals surface area contributed by atoms with E-state index in [0.717, 1.165) is 31.4 Å². The average molecular weight is 460 g/mol. The highest BCUT2D eigenvalue weighted by Gasteiger charge is 2.31. The van der Waals surface area contributed by atoms with Crippen molar-refractivity contribution in [2.24, 2.45) is 5.92 Å². The summed E-state index contributed by atoms with van der Waals surface area (Å²) in [5.74, 6) is 0.243. The number of nitrogens with zero attached hydrogens (tertiary/aromatic N) is 3. The van der Waals surface area contributed by atoms with Gasteiger partial charge in [0.15, 0.2) is 5.82 Å². The number of rotatable bonds is 8. The van der Waals surface area contributed by atoms with Crippen molar-refractivity contribution in [3.8, 4) is 23.1 Å². The van der Waals surface area contributed by atoms with Crippen LogP contribution < -0.4 is 10.1 Å². The molecule has 0 radical (unpaired) electrons. The fourth-order valence-corrected chi connectivity index (χ4v) is 3.37. The molecule has 33 heavy (non-hydrogen) atoms. The Hall–Kier alpha value is -3.40. The quantitative estimate of drug-likeness (QED) is 0.493. The molecule has 10 heteroatoms. The van der Waals surface area contributed by atoms with Gasteiger partial charge in [-0.15, -0.1) is 5.10 Å². The maximum atomic E-state index is 13.2. The summed E-state index contributed by atoms with van der Waals surface area (Å²) in [4.78, 5) is 16.5. The van der Waals surface area contributed by atoms with Crippen LogP contribution in [0.25, 0.3) is 17.1 Å². The van der Waals surface area contributed by atoms with Crippen molar-refractivity contribution in [1.82, 2.24) is 14.8 Å². The second kappa shape index (κ2) is 9.62. The van der Waals surface area contributed by atoms with E-state index >= 15 is 0 Å². The van der Waals surface area contributed by atoms with Gasteiger partial charge < -0.3 is 14.8 Å². The second-order valence-corrected chi connectivity index (χ2v) is 7.71. The Balaban J connectivity index is 1.64. The van der Waals surface area contributed by atoms with Crippen molar-refractivity contribution in [2.75, 3.05) is 25.6 Å². The van der Waals surface area contributed by atoms with E-state index in [2.05, 4.69) is 15.4 Å². The molecule has 0 unspecified atom stereocenters. The van der Waals surface area contributed by atoms with E-state index in [1.54, 1.807) is 24.3 Å². The van der Waals surface area contributed by atoms with Gasteiger partial charge >= 0.3 is 12.2 Å². The number of ether oxygens (including phenoxy) is 2. The SMILES string of the molecule is COCCOc1nc(-c2cccc(C(F)(F)F)c2)n(-c2ccc(NC(=O)C3CCC3)cc2)n1. The summed E-state index contributed by atoms with van der Waals surface area (Å²) >= 11 is 0. The number of anilines is 1. The van der Waals surface area contributed by atoms with Crippen LogP contribution in [-0.4, -0.2) is 41.0 Å². The molecule has 1 fully saturated rings. The Bertz CT molecular complexity index is 1110. The highest BCUT2D eigenvalue weighted by atomic mass is 19.4. The molecule has 1 aromatic heterocycles. The van der Waals surface area contributed by atoms with Crippen LogP contribution in [0.5, 0.6) is 6.01 Å². The molecule has 0 bridgehead atoms. The fourth-order valence-electron chi connectivity index (χ4n) is 3.37. The van der Waals surface area contributed by atoms with Gasteiger partial charge in [0.25, 0.3) is 0 Å². The van der Waals surface area contributed by atoms with Gasteiger partial charge in [-0.25, -0.2) is 4.68 Å². The molecule has 1 aliphatic rings. The van der Waals surface area contributed by atoms with Gasteiger partial charge in [0, 0.05) is 24.3 Å². The van der Waals surface area contributed by atoms with Crippen LogP contribution in [0.2, 0.25) is 0 Å². The monoisotopic (exact) mass is 460 g/mol. The number of benzene rings is 2. The Morgan fingerprint density at radius 1 is 1.15 bits per heavy atom. The van der Waals surface area contributed by atoms with Gasteiger partial charge in [0.05, 0.1) is 17.9 Å². The van der Waals surface area contributed by atoms with Crippen LogP contribution in [-0.2, 0) is 15.7 Å². The number of carbonyl (C=O) groups is 1. The topological polar surface area (TPSA) is 78.3 Å². The maximum absolute atomic E-state index is 13.2. The van der Waals surface area contributed by atoms with Crippen molar-refractivity contribution in [2.45, 2.75) is 25.4 Å². The van der Waals surface area contributed by atoms with Gasteiger partial charge in [-0.3, -0.25) is 4.79 Å². The first kappa shape index (κ1) is 22.8. The molecule has 1 saturated carbocycles. The summed E-state index contributed by atoms with van der Waals surface area (Å²) in [5.41, 5.74) is 0.637. The Kier molecular flexibility index (Phi) is 6.64. The minimum absolute atomic E-state index is 0.00626. The van der Waals surface area contributed by atoms with Crippen LogP contribution in [0.4, 0.5) is 18.9 Å². The lowest BCUT2D eigenvalue weighted by molar-refractivity contribution is -0.137. The normalized spacial score (nSPS) is 14.1. The van der Waals surface area contributed by atoms with Gasteiger partial charge in [-0.2, -0.15) is 18.2 Å². The Morgan fingerprint density at radius 3 is 2.55 bits per heavy atom. The zero-order valence-corrected chi connectivity index (χ0v) is 17.9. The van der Waals surface area contributed by atoms with E-state index in [4.69, 9.17) is 9.47 Å². The van der Waals surface area contributed by atoms with E-state index < -0.39 is 11.7 Å². The molecular weight excluding hydrogens is 437 g/mol. The third kappa shape index (κ3) is 5.33. The molecule has 0 saturated heterocycles. The lowest BCUT2D eigenvalue weighted by Gasteiger charge is -2.24. The molecule has 1 heterocycles. The fraction of sp³-hybridized carbons (Fsp3) is 0.348. The molecule has 1 amide bonds. The van der Waals surface area contributed by atoms with Crippen molar-refractivity contribution in [1.29, 1.82) is 0 Å². The lowest BCUT2D eigenvalue weighted by Crippen LogP contribution is -2.27. The first-order valence-electron chi connectivity index (χ1n) is 10.5. The molecule has 1 aliphatic carbocycles. The molecule has 4 rings (SSSR count). The van der Waals surface area contributed by atoms with Crippen LogP contribution >= 0.6 is 0 Å². The minimum Gasteiger partial charge on any atom is -0.460 e. The largest absolute Gasteiger partial charge is 0.460 e. The summed E-state index contributed by atoms with van der Waals surface area (Å²) < 4.78 is 51.6. The molecule has 0 atom stereocenters. The number of methoxy groups -OCH3 is 1. The number of halogens is 3. The molecule has 2 aromatic carbocycles. The van der Waals surface area contributed by atoms with E-state index in [9.17, 15) is 18.0 Å². The van der Waals surface area contributed by atoms with Crippen LogP contribution in [0.15, 0.2) is 48.5 Å². The smallest absolute Gasteiger partial charge is 0.416 e. The van der Waals surface area contributed by atoms with Crippen LogP contribution in [0.3, 0.4) is 0 Å². The molecule has 0 aliphatic heterocycles. The third-order valence-corrected chi connectivity index (χ3v) is 5.41. The van der Waals surface area contributed by atoms with Crippen molar-refractivity contribution >= 4 is 11.6 Å².